The number of halogens is 3. The number of alkyl halides is 3. The highest BCUT2D eigenvalue weighted by atomic mass is 19.4. The number of aromatic nitrogens is 4. The molecular weight excluding hydrogens is 435 g/mol. The van der Waals surface area contributed by atoms with Crippen molar-refractivity contribution in [1.29, 1.82) is 0 Å². The third-order valence-corrected chi connectivity index (χ3v) is 4.93. The molecule has 0 bridgehead atoms. The van der Waals surface area contributed by atoms with Crippen LogP contribution in [-0.4, -0.2) is 32.2 Å². The standard InChI is InChI=1S/C22H20F3N7O/c1-13-11-32-20(16(9-10-26)27-12-28-32)19(13)14-5-7-15(8-6-14)29-21(33)31-18-4-2-3-17(30-18)22(23,24)25/h2-8,11-12H,9-10,26H2,1H3,(H2,29,30,31,33). The predicted octanol–water partition coefficient (Wildman–Crippen LogP) is 4.26. The fourth-order valence-corrected chi connectivity index (χ4v) is 3.54. The second-order valence-corrected chi connectivity index (χ2v) is 7.29. The van der Waals surface area contributed by atoms with Crippen molar-refractivity contribution in [3.63, 3.8) is 0 Å². The van der Waals surface area contributed by atoms with E-state index >= 15 is 0 Å². The fourth-order valence-electron chi connectivity index (χ4n) is 3.54. The number of nitrogens with two attached hydrogens (primary N) is 1. The molecule has 0 aliphatic heterocycles. The number of carbonyl (C=O) groups is 1. The number of rotatable bonds is 5. The molecule has 3 heterocycles. The summed E-state index contributed by atoms with van der Waals surface area (Å²) in [5, 5.41) is 9.17. The number of hydrogen-bond acceptors (Lipinski definition) is 5. The van der Waals surface area contributed by atoms with Crippen LogP contribution < -0.4 is 16.4 Å². The Kier molecular flexibility index (Phi) is 5.97. The summed E-state index contributed by atoms with van der Waals surface area (Å²) in [6.07, 6.45) is -0.591. The lowest BCUT2D eigenvalue weighted by atomic mass is 10.0. The molecule has 1 aromatic carbocycles. The molecule has 0 spiro atoms. The molecule has 0 fully saturated rings. The quantitative estimate of drug-likeness (QED) is 0.416. The molecule has 8 nitrogen and oxygen atoms in total. The molecule has 0 saturated carbocycles. The molecule has 0 aliphatic rings. The number of amides is 2. The van der Waals surface area contributed by atoms with Gasteiger partial charge in [-0.05, 0) is 48.9 Å². The number of benzene rings is 1. The highest BCUT2D eigenvalue weighted by Crippen LogP contribution is 2.32. The van der Waals surface area contributed by atoms with Gasteiger partial charge in [-0.2, -0.15) is 18.3 Å². The average molecular weight is 455 g/mol. The van der Waals surface area contributed by atoms with E-state index in [1.165, 1.54) is 18.5 Å². The molecule has 33 heavy (non-hydrogen) atoms. The molecule has 2 amide bonds. The van der Waals surface area contributed by atoms with Gasteiger partial charge in [0, 0.05) is 23.9 Å². The van der Waals surface area contributed by atoms with Crippen LogP contribution in [-0.2, 0) is 12.6 Å². The minimum atomic E-state index is -4.60. The molecule has 0 atom stereocenters. The van der Waals surface area contributed by atoms with Gasteiger partial charge < -0.3 is 11.1 Å². The Morgan fingerprint density at radius 3 is 2.58 bits per heavy atom. The molecule has 3 aromatic heterocycles. The SMILES string of the molecule is Cc1cn2ncnc(CCN)c2c1-c1ccc(NC(=O)Nc2cccc(C(F)(F)F)n2)cc1. The molecule has 0 aliphatic carbocycles. The number of aryl methyl sites for hydroxylation is 1. The minimum absolute atomic E-state index is 0.206. The summed E-state index contributed by atoms with van der Waals surface area (Å²) in [6, 6.07) is 9.64. The largest absolute Gasteiger partial charge is 0.433 e. The summed E-state index contributed by atoms with van der Waals surface area (Å²) < 4.78 is 40.2. The molecule has 0 saturated heterocycles. The highest BCUT2D eigenvalue weighted by molar-refractivity contribution is 5.99. The third kappa shape index (κ3) is 4.77. The van der Waals surface area contributed by atoms with E-state index in [-0.39, 0.29) is 5.82 Å². The zero-order chi connectivity index (χ0) is 23.6. The van der Waals surface area contributed by atoms with Crippen molar-refractivity contribution in [3.05, 3.63) is 71.9 Å². The van der Waals surface area contributed by atoms with Crippen molar-refractivity contribution in [3.8, 4) is 11.1 Å². The van der Waals surface area contributed by atoms with Crippen LogP contribution in [0, 0.1) is 6.92 Å². The number of urea groups is 1. The third-order valence-electron chi connectivity index (χ3n) is 4.93. The van der Waals surface area contributed by atoms with Crippen LogP contribution in [0.3, 0.4) is 0 Å². The molecule has 11 heteroatoms. The molecule has 170 valence electrons. The summed E-state index contributed by atoms with van der Waals surface area (Å²) in [7, 11) is 0. The molecule has 4 N–H and O–H groups in total. The van der Waals surface area contributed by atoms with Gasteiger partial charge in [0.15, 0.2) is 0 Å². The van der Waals surface area contributed by atoms with Crippen LogP contribution in [0.25, 0.3) is 16.6 Å². The number of hydrogen-bond donors (Lipinski definition) is 3. The lowest BCUT2D eigenvalue weighted by Crippen LogP contribution is -2.21. The van der Waals surface area contributed by atoms with Crippen molar-refractivity contribution >= 4 is 23.1 Å². The zero-order valence-electron chi connectivity index (χ0n) is 17.5. The van der Waals surface area contributed by atoms with Crippen LogP contribution in [0.1, 0.15) is 17.0 Å². The van der Waals surface area contributed by atoms with E-state index in [0.29, 0.717) is 18.7 Å². The topological polar surface area (TPSA) is 110 Å². The lowest BCUT2D eigenvalue weighted by molar-refractivity contribution is -0.141. The predicted molar refractivity (Wildman–Crippen MR) is 118 cm³/mol. The summed E-state index contributed by atoms with van der Waals surface area (Å²) in [6.45, 7) is 2.42. The van der Waals surface area contributed by atoms with Crippen molar-refractivity contribution in [2.75, 3.05) is 17.2 Å². The highest BCUT2D eigenvalue weighted by Gasteiger charge is 2.32. The summed E-state index contributed by atoms with van der Waals surface area (Å²) in [5.74, 6) is -0.206. The van der Waals surface area contributed by atoms with Crippen LogP contribution in [0.15, 0.2) is 55.0 Å². The lowest BCUT2D eigenvalue weighted by Gasteiger charge is -2.11. The van der Waals surface area contributed by atoms with Gasteiger partial charge in [0.05, 0.1) is 11.2 Å². The van der Waals surface area contributed by atoms with Gasteiger partial charge in [0.25, 0.3) is 0 Å². The van der Waals surface area contributed by atoms with E-state index in [1.807, 2.05) is 25.3 Å². The van der Waals surface area contributed by atoms with E-state index in [1.54, 1.807) is 16.6 Å². The minimum Gasteiger partial charge on any atom is -0.330 e. The van der Waals surface area contributed by atoms with Gasteiger partial charge >= 0.3 is 12.2 Å². The number of anilines is 2. The number of nitrogens with one attached hydrogen (secondary N) is 2. The van der Waals surface area contributed by atoms with Crippen LogP contribution in [0.2, 0.25) is 0 Å². The maximum absolute atomic E-state index is 12.8. The normalized spacial score (nSPS) is 11.5. The van der Waals surface area contributed by atoms with E-state index < -0.39 is 17.9 Å². The van der Waals surface area contributed by atoms with Gasteiger partial charge in [0.1, 0.15) is 17.8 Å². The number of pyridine rings is 1. The number of nitrogens with zero attached hydrogens (tertiary/aromatic N) is 4. The second-order valence-electron chi connectivity index (χ2n) is 7.29. The smallest absolute Gasteiger partial charge is 0.330 e. The Morgan fingerprint density at radius 2 is 1.88 bits per heavy atom. The van der Waals surface area contributed by atoms with Crippen LogP contribution in [0.5, 0.6) is 0 Å². The summed E-state index contributed by atoms with van der Waals surface area (Å²) in [5.41, 5.74) is 9.67. The van der Waals surface area contributed by atoms with E-state index in [0.717, 1.165) is 34.0 Å². The average Bonchev–Trinajstić information content (AvgIpc) is 3.11. The monoisotopic (exact) mass is 455 g/mol. The van der Waals surface area contributed by atoms with Gasteiger partial charge in [0.2, 0.25) is 0 Å². The van der Waals surface area contributed by atoms with Crippen molar-refractivity contribution in [1.82, 2.24) is 19.6 Å². The van der Waals surface area contributed by atoms with Crippen LogP contribution in [0.4, 0.5) is 29.5 Å². The molecule has 4 aromatic rings. The van der Waals surface area contributed by atoms with Gasteiger partial charge in [-0.25, -0.2) is 19.3 Å². The zero-order valence-corrected chi connectivity index (χ0v) is 17.5. The van der Waals surface area contributed by atoms with Crippen molar-refractivity contribution in [2.24, 2.45) is 5.73 Å². The summed E-state index contributed by atoms with van der Waals surface area (Å²) in [4.78, 5) is 20.0. The first-order valence-electron chi connectivity index (χ1n) is 10.0. The first-order chi connectivity index (χ1) is 15.8. The Hall–Kier alpha value is -3.99. The molecule has 0 unspecified atom stereocenters. The Labute approximate surface area is 186 Å². The fraction of sp³-hybridized carbons (Fsp3) is 0.182. The van der Waals surface area contributed by atoms with E-state index in [4.69, 9.17) is 5.73 Å². The van der Waals surface area contributed by atoms with Crippen molar-refractivity contribution < 1.29 is 18.0 Å². The van der Waals surface area contributed by atoms with Crippen LogP contribution >= 0.6 is 0 Å². The maximum Gasteiger partial charge on any atom is 0.433 e. The van der Waals surface area contributed by atoms with Gasteiger partial charge in [-0.1, -0.05) is 18.2 Å². The van der Waals surface area contributed by atoms with E-state index in [2.05, 4.69) is 25.7 Å². The van der Waals surface area contributed by atoms with E-state index in [9.17, 15) is 18.0 Å². The molecule has 4 rings (SSSR count). The van der Waals surface area contributed by atoms with Crippen molar-refractivity contribution in [2.45, 2.75) is 19.5 Å². The second kappa shape index (κ2) is 8.87. The molecule has 0 radical (unpaired) electrons. The summed E-state index contributed by atoms with van der Waals surface area (Å²) >= 11 is 0. The number of fused-ring (bicyclic) bond motifs is 1. The number of carbonyl (C=O) groups excluding carboxylic acids is 1. The Morgan fingerprint density at radius 1 is 1.12 bits per heavy atom. The van der Waals surface area contributed by atoms with Gasteiger partial charge in [-0.15, -0.1) is 0 Å². The maximum atomic E-state index is 12.8. The van der Waals surface area contributed by atoms with Gasteiger partial charge in [-0.3, -0.25) is 5.32 Å². The first kappa shape index (κ1) is 22.2. The Bertz CT molecular complexity index is 1300. The Balaban J connectivity index is 1.53. The molecular formula is C22H20F3N7O. The first-order valence-corrected chi connectivity index (χ1v) is 10.0.